The fourth-order valence-corrected chi connectivity index (χ4v) is 3.65. The number of hydrogen-bond donors (Lipinski definition) is 1. The minimum absolute atomic E-state index is 0.0235. The van der Waals surface area contributed by atoms with Gasteiger partial charge in [0.2, 0.25) is 0 Å². The van der Waals surface area contributed by atoms with Gasteiger partial charge >= 0.3 is 0 Å². The van der Waals surface area contributed by atoms with Crippen LogP contribution in [-0.4, -0.2) is 9.55 Å². The third-order valence-corrected chi connectivity index (χ3v) is 5.03. The number of nitrogens with one attached hydrogen (secondary N) is 1. The predicted octanol–water partition coefficient (Wildman–Crippen LogP) is 5.44. The van der Waals surface area contributed by atoms with Crippen molar-refractivity contribution < 1.29 is 0 Å². The number of aromatic nitrogens is 2. The Labute approximate surface area is 148 Å². The Balaban J connectivity index is 1.81. The Kier molecular flexibility index (Phi) is 3.00. The van der Waals surface area contributed by atoms with Crippen molar-refractivity contribution in [1.29, 1.82) is 0 Å². The van der Waals surface area contributed by atoms with Gasteiger partial charge < -0.3 is 5.32 Å². The minimum atomic E-state index is 0.0235. The molecule has 1 atom stereocenters. The van der Waals surface area contributed by atoms with Crippen LogP contribution in [-0.2, 0) is 0 Å². The summed E-state index contributed by atoms with van der Waals surface area (Å²) >= 11 is 3.52. The summed E-state index contributed by atoms with van der Waals surface area (Å²) in [6.07, 6.45) is 0.0235. The Hall–Kier alpha value is -2.59. The first kappa shape index (κ1) is 13.8. The molecule has 3 nitrogen and oxygen atoms in total. The number of para-hydroxylation sites is 3. The Morgan fingerprint density at radius 3 is 2.50 bits per heavy atom. The number of anilines is 1. The van der Waals surface area contributed by atoms with Crippen LogP contribution < -0.4 is 5.32 Å². The van der Waals surface area contributed by atoms with Gasteiger partial charge in [0, 0.05) is 15.7 Å². The minimum Gasteiger partial charge on any atom is -0.361 e. The van der Waals surface area contributed by atoms with E-state index in [9.17, 15) is 0 Å². The van der Waals surface area contributed by atoms with E-state index in [0.29, 0.717) is 0 Å². The molecular weight excluding hydrogens is 362 g/mol. The van der Waals surface area contributed by atoms with E-state index in [0.717, 1.165) is 32.6 Å². The summed E-state index contributed by atoms with van der Waals surface area (Å²) in [5, 5.41) is 3.67. The third kappa shape index (κ3) is 2.00. The molecular formula is C20H14BrN3. The summed E-state index contributed by atoms with van der Waals surface area (Å²) in [5.41, 5.74) is 5.63. The predicted molar refractivity (Wildman–Crippen MR) is 101 cm³/mol. The van der Waals surface area contributed by atoms with E-state index in [1.54, 1.807) is 0 Å². The quantitative estimate of drug-likeness (QED) is 0.480. The number of nitrogens with zero attached hydrogens (tertiary/aromatic N) is 2. The van der Waals surface area contributed by atoms with Crippen molar-refractivity contribution in [2.45, 2.75) is 6.17 Å². The van der Waals surface area contributed by atoms with Gasteiger partial charge in [-0.15, -0.1) is 0 Å². The van der Waals surface area contributed by atoms with Gasteiger partial charge in [-0.2, -0.15) is 0 Å². The molecule has 0 fully saturated rings. The number of rotatable bonds is 1. The molecule has 0 radical (unpaired) electrons. The van der Waals surface area contributed by atoms with Gasteiger partial charge in [0.15, 0.2) is 0 Å². The molecule has 5 rings (SSSR count). The molecule has 0 saturated carbocycles. The maximum absolute atomic E-state index is 4.90. The van der Waals surface area contributed by atoms with Crippen LogP contribution >= 0.6 is 15.9 Å². The van der Waals surface area contributed by atoms with E-state index in [2.05, 4.69) is 92.5 Å². The Morgan fingerprint density at radius 1 is 0.875 bits per heavy atom. The van der Waals surface area contributed by atoms with Gasteiger partial charge in [-0.3, -0.25) is 4.57 Å². The van der Waals surface area contributed by atoms with Crippen molar-refractivity contribution in [2.75, 3.05) is 5.32 Å². The number of benzene rings is 3. The molecule has 0 saturated heterocycles. The molecule has 116 valence electrons. The highest BCUT2D eigenvalue weighted by atomic mass is 79.9. The van der Waals surface area contributed by atoms with E-state index < -0.39 is 0 Å². The molecule has 0 spiro atoms. The maximum atomic E-state index is 4.90. The van der Waals surface area contributed by atoms with Crippen LogP contribution in [0.3, 0.4) is 0 Å². The Bertz CT molecular complexity index is 1050. The average Bonchev–Trinajstić information content (AvgIpc) is 3.02. The van der Waals surface area contributed by atoms with Crippen molar-refractivity contribution in [2.24, 2.45) is 0 Å². The summed E-state index contributed by atoms with van der Waals surface area (Å²) in [7, 11) is 0. The molecule has 2 heterocycles. The van der Waals surface area contributed by atoms with E-state index >= 15 is 0 Å². The SMILES string of the molecule is Brc1ccc(C2Nc3ccccc3-c3nc4ccccc4n32)cc1. The summed E-state index contributed by atoms with van der Waals surface area (Å²) in [6, 6.07) is 25.1. The Morgan fingerprint density at radius 2 is 1.62 bits per heavy atom. The topological polar surface area (TPSA) is 29.9 Å². The molecule has 1 aliphatic rings. The zero-order valence-corrected chi connectivity index (χ0v) is 14.4. The fraction of sp³-hybridized carbons (Fsp3) is 0.0500. The van der Waals surface area contributed by atoms with Crippen molar-refractivity contribution >= 4 is 32.7 Å². The second-order valence-electron chi connectivity index (χ2n) is 5.94. The van der Waals surface area contributed by atoms with Crippen LogP contribution in [0.25, 0.3) is 22.4 Å². The molecule has 0 amide bonds. The highest BCUT2D eigenvalue weighted by Crippen LogP contribution is 2.40. The van der Waals surface area contributed by atoms with Crippen LogP contribution in [0.15, 0.2) is 77.3 Å². The van der Waals surface area contributed by atoms with Crippen LogP contribution in [0.5, 0.6) is 0 Å². The van der Waals surface area contributed by atoms with Crippen LogP contribution in [0.2, 0.25) is 0 Å². The second-order valence-corrected chi connectivity index (χ2v) is 6.85. The smallest absolute Gasteiger partial charge is 0.145 e. The van der Waals surface area contributed by atoms with Gasteiger partial charge in [0.1, 0.15) is 12.0 Å². The number of hydrogen-bond acceptors (Lipinski definition) is 2. The van der Waals surface area contributed by atoms with E-state index in [1.165, 1.54) is 5.56 Å². The van der Waals surface area contributed by atoms with Gasteiger partial charge in [-0.1, -0.05) is 52.3 Å². The molecule has 1 N–H and O–H groups in total. The lowest BCUT2D eigenvalue weighted by molar-refractivity contribution is 0.669. The largest absolute Gasteiger partial charge is 0.361 e. The van der Waals surface area contributed by atoms with Crippen LogP contribution in [0, 0.1) is 0 Å². The summed E-state index contributed by atoms with van der Waals surface area (Å²) in [4.78, 5) is 4.90. The summed E-state index contributed by atoms with van der Waals surface area (Å²) < 4.78 is 3.37. The summed E-state index contributed by atoms with van der Waals surface area (Å²) in [6.45, 7) is 0. The van der Waals surface area contributed by atoms with E-state index in [1.807, 2.05) is 6.07 Å². The zero-order valence-electron chi connectivity index (χ0n) is 12.8. The molecule has 4 aromatic rings. The molecule has 0 bridgehead atoms. The first-order valence-corrected chi connectivity index (χ1v) is 8.69. The van der Waals surface area contributed by atoms with Gasteiger partial charge in [0.05, 0.1) is 11.0 Å². The normalized spacial score (nSPS) is 15.6. The van der Waals surface area contributed by atoms with Crippen LogP contribution in [0.4, 0.5) is 5.69 Å². The molecule has 1 aromatic heterocycles. The fourth-order valence-electron chi connectivity index (χ4n) is 3.39. The first-order chi connectivity index (χ1) is 11.8. The highest BCUT2D eigenvalue weighted by molar-refractivity contribution is 9.10. The summed E-state index contributed by atoms with van der Waals surface area (Å²) in [5.74, 6) is 1.01. The lowest BCUT2D eigenvalue weighted by Crippen LogP contribution is -2.24. The van der Waals surface area contributed by atoms with E-state index in [4.69, 9.17) is 4.98 Å². The molecule has 0 aliphatic carbocycles. The molecule has 24 heavy (non-hydrogen) atoms. The zero-order chi connectivity index (χ0) is 16.1. The van der Waals surface area contributed by atoms with Crippen molar-refractivity contribution in [3.63, 3.8) is 0 Å². The molecule has 4 heteroatoms. The van der Waals surface area contributed by atoms with Crippen LogP contribution in [0.1, 0.15) is 11.7 Å². The lowest BCUT2D eigenvalue weighted by Gasteiger charge is -2.30. The van der Waals surface area contributed by atoms with Gasteiger partial charge in [-0.25, -0.2) is 4.98 Å². The first-order valence-electron chi connectivity index (χ1n) is 7.90. The second kappa shape index (κ2) is 5.21. The maximum Gasteiger partial charge on any atom is 0.145 e. The average molecular weight is 376 g/mol. The number of fused-ring (bicyclic) bond motifs is 5. The lowest BCUT2D eigenvalue weighted by atomic mass is 10.1. The monoisotopic (exact) mass is 375 g/mol. The number of halogens is 1. The van der Waals surface area contributed by atoms with Gasteiger partial charge in [0.25, 0.3) is 0 Å². The molecule has 3 aromatic carbocycles. The number of imidazole rings is 1. The van der Waals surface area contributed by atoms with Crippen molar-refractivity contribution in [3.8, 4) is 11.4 Å². The highest BCUT2D eigenvalue weighted by Gasteiger charge is 2.27. The van der Waals surface area contributed by atoms with Crippen molar-refractivity contribution in [1.82, 2.24) is 9.55 Å². The third-order valence-electron chi connectivity index (χ3n) is 4.50. The van der Waals surface area contributed by atoms with Gasteiger partial charge in [-0.05, 0) is 42.0 Å². The van der Waals surface area contributed by atoms with Crippen molar-refractivity contribution in [3.05, 3.63) is 82.8 Å². The van der Waals surface area contributed by atoms with E-state index in [-0.39, 0.29) is 6.17 Å². The standard InChI is InChI=1S/C20H14BrN3/c21-14-11-9-13(10-12-14)19-22-16-6-2-1-5-15(16)20-23-17-7-3-4-8-18(17)24(19)20/h1-12,19,22H. The molecule has 1 unspecified atom stereocenters. The molecule has 1 aliphatic heterocycles.